The Morgan fingerprint density at radius 1 is 1.39 bits per heavy atom. The largest absolute Gasteiger partial charge is 0.384 e. The molecule has 94 valence electrons. The number of amidine groups is 1. The summed E-state index contributed by atoms with van der Waals surface area (Å²) in [6.07, 6.45) is 0. The minimum absolute atomic E-state index is 0.116. The zero-order chi connectivity index (χ0) is 13.1. The van der Waals surface area contributed by atoms with E-state index >= 15 is 0 Å². The first-order valence-corrected chi connectivity index (χ1v) is 6.69. The minimum Gasteiger partial charge on any atom is -0.384 e. The summed E-state index contributed by atoms with van der Waals surface area (Å²) < 4.78 is 0. The minimum atomic E-state index is 0.116. The first-order valence-electron chi connectivity index (χ1n) is 5.75. The smallest absolute Gasteiger partial charge is 0.122 e. The Kier molecular flexibility index (Phi) is 3.67. The highest BCUT2D eigenvalue weighted by Crippen LogP contribution is 2.22. The first kappa shape index (κ1) is 12.6. The van der Waals surface area contributed by atoms with Gasteiger partial charge < -0.3 is 10.6 Å². The first-order chi connectivity index (χ1) is 8.58. The molecule has 0 fully saturated rings. The van der Waals surface area contributed by atoms with Gasteiger partial charge in [-0.15, -0.1) is 0 Å². The number of nitrogens with two attached hydrogens (primary N) is 1. The number of rotatable bonds is 4. The molecule has 0 amide bonds. The molecule has 2 rings (SSSR count). The highest BCUT2D eigenvalue weighted by molar-refractivity contribution is 7.07. The number of hydrogen-bond acceptors (Lipinski definition) is 3. The van der Waals surface area contributed by atoms with Crippen LogP contribution in [0.2, 0.25) is 0 Å². The van der Waals surface area contributed by atoms with Crippen LogP contribution < -0.4 is 10.6 Å². The van der Waals surface area contributed by atoms with Gasteiger partial charge in [0.1, 0.15) is 5.84 Å². The van der Waals surface area contributed by atoms with Gasteiger partial charge in [-0.05, 0) is 53.1 Å². The number of nitrogens with zero attached hydrogens (tertiary/aromatic N) is 1. The quantitative estimate of drug-likeness (QED) is 0.655. The number of nitrogens with one attached hydrogen (secondary N) is 1. The molecule has 3 nitrogen and oxygen atoms in total. The molecular weight excluding hydrogens is 242 g/mol. The molecule has 0 saturated carbocycles. The summed E-state index contributed by atoms with van der Waals surface area (Å²) >= 11 is 1.72. The zero-order valence-corrected chi connectivity index (χ0v) is 11.4. The van der Waals surface area contributed by atoms with Crippen LogP contribution in [0.5, 0.6) is 0 Å². The second kappa shape index (κ2) is 5.23. The third kappa shape index (κ3) is 2.71. The van der Waals surface area contributed by atoms with E-state index in [0.717, 1.165) is 17.7 Å². The molecule has 1 heterocycles. The zero-order valence-electron chi connectivity index (χ0n) is 10.6. The van der Waals surface area contributed by atoms with E-state index in [1.807, 2.05) is 25.1 Å². The molecule has 1 aromatic heterocycles. The SMILES string of the molecule is Cc1cc(C(=N)N)ccc1N(C)Cc1ccsc1. The van der Waals surface area contributed by atoms with Gasteiger partial charge in [0.05, 0.1) is 0 Å². The maximum absolute atomic E-state index is 7.43. The van der Waals surface area contributed by atoms with Crippen molar-refractivity contribution in [2.75, 3.05) is 11.9 Å². The molecule has 18 heavy (non-hydrogen) atoms. The van der Waals surface area contributed by atoms with E-state index in [-0.39, 0.29) is 5.84 Å². The lowest BCUT2D eigenvalue weighted by Crippen LogP contribution is -2.18. The van der Waals surface area contributed by atoms with Crippen molar-refractivity contribution >= 4 is 22.9 Å². The van der Waals surface area contributed by atoms with Crippen molar-refractivity contribution in [1.82, 2.24) is 0 Å². The maximum atomic E-state index is 7.43. The molecule has 0 saturated heterocycles. The average molecular weight is 259 g/mol. The summed E-state index contributed by atoms with van der Waals surface area (Å²) in [6.45, 7) is 2.94. The second-order valence-corrected chi connectivity index (χ2v) is 5.18. The van der Waals surface area contributed by atoms with Crippen LogP contribution in [0.15, 0.2) is 35.0 Å². The van der Waals surface area contributed by atoms with Crippen molar-refractivity contribution in [3.8, 4) is 0 Å². The van der Waals surface area contributed by atoms with Gasteiger partial charge in [-0.25, -0.2) is 0 Å². The van der Waals surface area contributed by atoms with Crippen LogP contribution in [0.3, 0.4) is 0 Å². The predicted molar refractivity (Wildman–Crippen MR) is 78.6 cm³/mol. The van der Waals surface area contributed by atoms with Gasteiger partial charge in [0.2, 0.25) is 0 Å². The Bertz CT molecular complexity index is 546. The van der Waals surface area contributed by atoms with Gasteiger partial charge in [0, 0.05) is 24.8 Å². The van der Waals surface area contributed by atoms with Crippen LogP contribution in [0.4, 0.5) is 5.69 Å². The van der Waals surface area contributed by atoms with Gasteiger partial charge in [-0.3, -0.25) is 5.41 Å². The monoisotopic (exact) mass is 259 g/mol. The molecule has 1 aromatic carbocycles. The maximum Gasteiger partial charge on any atom is 0.122 e. The molecule has 3 N–H and O–H groups in total. The molecule has 4 heteroatoms. The standard InChI is InChI=1S/C14H17N3S/c1-10-7-12(14(15)16)3-4-13(10)17(2)8-11-5-6-18-9-11/h3-7,9H,8H2,1-2H3,(H3,15,16). The summed E-state index contributed by atoms with van der Waals surface area (Å²) in [5.74, 6) is 0.116. The van der Waals surface area contributed by atoms with Crippen molar-refractivity contribution in [3.63, 3.8) is 0 Å². The van der Waals surface area contributed by atoms with E-state index in [4.69, 9.17) is 11.1 Å². The highest BCUT2D eigenvalue weighted by Gasteiger charge is 2.07. The fraction of sp³-hybridized carbons (Fsp3) is 0.214. The molecular formula is C14H17N3S. The number of hydrogen-bond donors (Lipinski definition) is 2. The average Bonchev–Trinajstić information content (AvgIpc) is 2.81. The summed E-state index contributed by atoms with van der Waals surface area (Å²) in [5.41, 5.74) is 9.90. The summed E-state index contributed by atoms with van der Waals surface area (Å²) in [7, 11) is 2.08. The Hall–Kier alpha value is -1.81. The number of benzene rings is 1. The third-order valence-electron chi connectivity index (χ3n) is 2.92. The Labute approximate surface area is 111 Å². The van der Waals surface area contributed by atoms with Crippen LogP contribution >= 0.6 is 11.3 Å². The van der Waals surface area contributed by atoms with E-state index in [9.17, 15) is 0 Å². The fourth-order valence-electron chi connectivity index (χ4n) is 1.99. The van der Waals surface area contributed by atoms with Crippen LogP contribution in [0, 0.1) is 12.3 Å². The van der Waals surface area contributed by atoms with E-state index in [0.29, 0.717) is 0 Å². The Balaban J connectivity index is 2.20. The van der Waals surface area contributed by atoms with E-state index < -0.39 is 0 Å². The Morgan fingerprint density at radius 2 is 2.17 bits per heavy atom. The molecule has 0 aliphatic heterocycles. The van der Waals surface area contributed by atoms with Gasteiger partial charge in [-0.1, -0.05) is 0 Å². The molecule has 0 radical (unpaired) electrons. The van der Waals surface area contributed by atoms with Crippen molar-refractivity contribution in [1.29, 1.82) is 5.41 Å². The molecule has 0 spiro atoms. The van der Waals surface area contributed by atoms with Gasteiger partial charge in [-0.2, -0.15) is 11.3 Å². The van der Waals surface area contributed by atoms with Crippen LogP contribution in [0.1, 0.15) is 16.7 Å². The van der Waals surface area contributed by atoms with Crippen molar-refractivity contribution in [3.05, 3.63) is 51.7 Å². The third-order valence-corrected chi connectivity index (χ3v) is 3.65. The molecule has 2 aromatic rings. The lowest BCUT2D eigenvalue weighted by molar-refractivity contribution is 0.921. The van der Waals surface area contributed by atoms with Crippen LogP contribution in [0.25, 0.3) is 0 Å². The number of aryl methyl sites for hydroxylation is 1. The molecule has 0 atom stereocenters. The summed E-state index contributed by atoms with van der Waals surface area (Å²) in [4.78, 5) is 2.21. The van der Waals surface area contributed by atoms with Gasteiger partial charge >= 0.3 is 0 Å². The highest BCUT2D eigenvalue weighted by atomic mass is 32.1. The second-order valence-electron chi connectivity index (χ2n) is 4.40. The van der Waals surface area contributed by atoms with Crippen LogP contribution in [-0.4, -0.2) is 12.9 Å². The molecule has 0 unspecified atom stereocenters. The fourth-order valence-corrected chi connectivity index (χ4v) is 2.65. The lowest BCUT2D eigenvalue weighted by Gasteiger charge is -2.21. The predicted octanol–water partition coefficient (Wildman–Crippen LogP) is 2.98. The summed E-state index contributed by atoms with van der Waals surface area (Å²) in [5, 5.41) is 11.7. The Morgan fingerprint density at radius 3 is 2.72 bits per heavy atom. The molecule has 0 bridgehead atoms. The molecule has 0 aliphatic carbocycles. The lowest BCUT2D eigenvalue weighted by atomic mass is 10.1. The van der Waals surface area contributed by atoms with Crippen molar-refractivity contribution < 1.29 is 0 Å². The molecule has 0 aliphatic rings. The topological polar surface area (TPSA) is 53.1 Å². The van der Waals surface area contributed by atoms with Crippen molar-refractivity contribution in [2.45, 2.75) is 13.5 Å². The van der Waals surface area contributed by atoms with Crippen molar-refractivity contribution in [2.24, 2.45) is 5.73 Å². The normalized spacial score (nSPS) is 10.3. The van der Waals surface area contributed by atoms with Crippen LogP contribution in [-0.2, 0) is 6.54 Å². The number of nitrogen functional groups attached to an aromatic ring is 1. The van der Waals surface area contributed by atoms with E-state index in [1.54, 1.807) is 11.3 Å². The van der Waals surface area contributed by atoms with E-state index in [2.05, 4.69) is 28.8 Å². The number of thiophene rings is 1. The van der Waals surface area contributed by atoms with E-state index in [1.165, 1.54) is 11.3 Å². The van der Waals surface area contributed by atoms with Gasteiger partial charge in [0.15, 0.2) is 0 Å². The van der Waals surface area contributed by atoms with Gasteiger partial charge in [0.25, 0.3) is 0 Å². The summed E-state index contributed by atoms with van der Waals surface area (Å²) in [6, 6.07) is 8.02. The number of anilines is 1.